The van der Waals surface area contributed by atoms with Crippen molar-refractivity contribution in [3.05, 3.63) is 33.9 Å². The van der Waals surface area contributed by atoms with E-state index in [0.29, 0.717) is 17.7 Å². The Morgan fingerprint density at radius 2 is 2.15 bits per heavy atom. The number of rotatable bonds is 4. The molecule has 1 saturated heterocycles. The minimum Gasteiger partial charge on any atom is -0.378 e. The van der Waals surface area contributed by atoms with Crippen LogP contribution in [-0.4, -0.2) is 23.7 Å². The summed E-state index contributed by atoms with van der Waals surface area (Å²) in [5.74, 6) is 0.715. The number of ether oxygens (including phenoxy) is 1. The lowest BCUT2D eigenvalue weighted by molar-refractivity contribution is -0.384. The molecule has 5 heteroatoms. The fraction of sp³-hybridized carbons (Fsp3) is 0.600. The van der Waals surface area contributed by atoms with Gasteiger partial charge in [-0.1, -0.05) is 6.07 Å². The van der Waals surface area contributed by atoms with Crippen LogP contribution in [0.4, 0.5) is 11.4 Å². The van der Waals surface area contributed by atoms with Crippen molar-refractivity contribution in [2.75, 3.05) is 11.9 Å². The average molecular weight is 276 g/mol. The number of anilines is 1. The van der Waals surface area contributed by atoms with E-state index >= 15 is 0 Å². The molecule has 0 aromatic heterocycles. The number of nitrogens with one attached hydrogen (secondary N) is 1. The molecule has 108 valence electrons. The molecule has 1 saturated carbocycles. The summed E-state index contributed by atoms with van der Waals surface area (Å²) in [5.41, 5.74) is 1.70. The fourth-order valence-corrected chi connectivity index (χ4v) is 2.89. The van der Waals surface area contributed by atoms with Gasteiger partial charge in [0.05, 0.1) is 11.0 Å². The number of hydrogen-bond acceptors (Lipinski definition) is 4. The number of nitro benzene ring substituents is 1. The zero-order valence-electron chi connectivity index (χ0n) is 11.7. The first-order valence-electron chi connectivity index (χ1n) is 7.26. The third-order valence-electron chi connectivity index (χ3n) is 4.17. The van der Waals surface area contributed by atoms with Crippen LogP contribution >= 0.6 is 0 Å². The van der Waals surface area contributed by atoms with Crippen LogP contribution in [0.5, 0.6) is 0 Å². The van der Waals surface area contributed by atoms with E-state index < -0.39 is 0 Å². The van der Waals surface area contributed by atoms with Gasteiger partial charge in [0.1, 0.15) is 5.69 Å². The molecule has 1 aliphatic heterocycles. The van der Waals surface area contributed by atoms with Gasteiger partial charge in [0.15, 0.2) is 0 Å². The standard InChI is InChI=1S/C15H20N2O3/c1-10-2-5-13(14(8-10)17(18)19)16-12-6-7-20-15(9-12)11-3-4-11/h2,5,8,11-12,15-16H,3-4,6-7,9H2,1H3. The third-order valence-corrected chi connectivity index (χ3v) is 4.17. The molecule has 0 radical (unpaired) electrons. The topological polar surface area (TPSA) is 64.4 Å². The molecule has 1 N–H and O–H groups in total. The summed E-state index contributed by atoms with van der Waals surface area (Å²) in [6.07, 6.45) is 4.74. The van der Waals surface area contributed by atoms with Crippen molar-refractivity contribution >= 4 is 11.4 Å². The van der Waals surface area contributed by atoms with Crippen molar-refractivity contribution in [1.29, 1.82) is 0 Å². The number of nitro groups is 1. The first-order chi connectivity index (χ1) is 9.63. The largest absolute Gasteiger partial charge is 0.378 e. The first-order valence-corrected chi connectivity index (χ1v) is 7.26. The zero-order valence-corrected chi connectivity index (χ0v) is 11.7. The summed E-state index contributed by atoms with van der Waals surface area (Å²) in [7, 11) is 0. The minimum atomic E-state index is -0.312. The lowest BCUT2D eigenvalue weighted by Gasteiger charge is -2.30. The predicted octanol–water partition coefficient (Wildman–Crippen LogP) is 3.27. The van der Waals surface area contributed by atoms with Crippen LogP contribution in [0.1, 0.15) is 31.2 Å². The lowest BCUT2D eigenvalue weighted by atomic mass is 9.99. The third kappa shape index (κ3) is 2.93. The number of aryl methyl sites for hydroxylation is 1. The zero-order chi connectivity index (χ0) is 14.1. The Hall–Kier alpha value is -1.62. The highest BCUT2D eigenvalue weighted by atomic mass is 16.6. The number of nitrogens with zero attached hydrogens (tertiary/aromatic N) is 1. The van der Waals surface area contributed by atoms with Gasteiger partial charge in [-0.15, -0.1) is 0 Å². The Bertz CT molecular complexity index is 514. The van der Waals surface area contributed by atoms with E-state index in [1.165, 1.54) is 12.8 Å². The van der Waals surface area contributed by atoms with Gasteiger partial charge >= 0.3 is 0 Å². The van der Waals surface area contributed by atoms with Crippen molar-refractivity contribution in [2.24, 2.45) is 5.92 Å². The van der Waals surface area contributed by atoms with Gasteiger partial charge in [0.25, 0.3) is 5.69 Å². The second-order valence-electron chi connectivity index (χ2n) is 5.89. The Labute approximate surface area is 118 Å². The molecule has 0 amide bonds. The highest BCUT2D eigenvalue weighted by Crippen LogP contribution is 2.39. The van der Waals surface area contributed by atoms with Gasteiger partial charge < -0.3 is 10.1 Å². The first kappa shape index (κ1) is 13.4. The van der Waals surface area contributed by atoms with E-state index in [2.05, 4.69) is 5.32 Å². The average Bonchev–Trinajstić information content (AvgIpc) is 3.25. The van der Waals surface area contributed by atoms with Crippen LogP contribution < -0.4 is 5.32 Å². The molecular weight excluding hydrogens is 256 g/mol. The maximum atomic E-state index is 11.1. The van der Waals surface area contributed by atoms with Crippen molar-refractivity contribution in [2.45, 2.75) is 44.8 Å². The fourth-order valence-electron chi connectivity index (χ4n) is 2.89. The maximum absolute atomic E-state index is 11.1. The van der Waals surface area contributed by atoms with Gasteiger partial charge in [0, 0.05) is 18.7 Å². The molecule has 5 nitrogen and oxygen atoms in total. The van der Waals surface area contributed by atoms with Crippen LogP contribution in [0.2, 0.25) is 0 Å². The lowest BCUT2D eigenvalue weighted by Crippen LogP contribution is -2.35. The summed E-state index contributed by atoms with van der Waals surface area (Å²) >= 11 is 0. The second-order valence-corrected chi connectivity index (χ2v) is 5.89. The Balaban J connectivity index is 1.71. The Morgan fingerprint density at radius 1 is 1.35 bits per heavy atom. The molecule has 0 spiro atoms. The van der Waals surface area contributed by atoms with E-state index in [-0.39, 0.29) is 16.7 Å². The van der Waals surface area contributed by atoms with Gasteiger partial charge in [-0.3, -0.25) is 10.1 Å². The van der Waals surface area contributed by atoms with E-state index in [1.807, 2.05) is 19.1 Å². The van der Waals surface area contributed by atoms with E-state index in [9.17, 15) is 10.1 Å². The molecule has 2 unspecified atom stereocenters. The monoisotopic (exact) mass is 276 g/mol. The summed E-state index contributed by atoms with van der Waals surface area (Å²) in [5, 5.41) is 14.5. The smallest absolute Gasteiger partial charge is 0.292 e. The maximum Gasteiger partial charge on any atom is 0.292 e. The Kier molecular flexibility index (Phi) is 3.61. The molecule has 0 bridgehead atoms. The highest BCUT2D eigenvalue weighted by molar-refractivity contribution is 5.63. The van der Waals surface area contributed by atoms with E-state index in [4.69, 9.17) is 4.74 Å². The summed E-state index contributed by atoms with van der Waals surface area (Å²) < 4.78 is 5.79. The van der Waals surface area contributed by atoms with Crippen LogP contribution in [0.15, 0.2) is 18.2 Å². The molecule has 1 heterocycles. The van der Waals surface area contributed by atoms with Gasteiger partial charge in [0.2, 0.25) is 0 Å². The summed E-state index contributed by atoms with van der Waals surface area (Å²) in [4.78, 5) is 10.8. The van der Waals surface area contributed by atoms with Crippen molar-refractivity contribution in [3.8, 4) is 0 Å². The molecule has 2 atom stereocenters. The summed E-state index contributed by atoms with van der Waals surface area (Å²) in [6, 6.07) is 5.62. The van der Waals surface area contributed by atoms with Gasteiger partial charge in [-0.2, -0.15) is 0 Å². The SMILES string of the molecule is Cc1ccc(NC2CCOC(C3CC3)C2)c([N+](=O)[O-])c1. The number of hydrogen-bond donors (Lipinski definition) is 1. The minimum absolute atomic E-state index is 0.166. The van der Waals surface area contributed by atoms with E-state index in [0.717, 1.165) is 25.0 Å². The van der Waals surface area contributed by atoms with Gasteiger partial charge in [-0.25, -0.2) is 0 Å². The molecule has 1 aromatic rings. The van der Waals surface area contributed by atoms with Crippen LogP contribution in [-0.2, 0) is 4.74 Å². The molecule has 2 fully saturated rings. The molecule has 3 rings (SSSR count). The van der Waals surface area contributed by atoms with Crippen LogP contribution in [0.25, 0.3) is 0 Å². The van der Waals surface area contributed by atoms with Crippen molar-refractivity contribution in [1.82, 2.24) is 0 Å². The number of benzene rings is 1. The van der Waals surface area contributed by atoms with Crippen LogP contribution in [0, 0.1) is 23.0 Å². The van der Waals surface area contributed by atoms with Crippen LogP contribution in [0.3, 0.4) is 0 Å². The molecule has 20 heavy (non-hydrogen) atoms. The normalized spacial score (nSPS) is 26.2. The summed E-state index contributed by atoms with van der Waals surface area (Å²) in [6.45, 7) is 2.62. The van der Waals surface area contributed by atoms with Crippen molar-refractivity contribution in [3.63, 3.8) is 0 Å². The van der Waals surface area contributed by atoms with Crippen molar-refractivity contribution < 1.29 is 9.66 Å². The Morgan fingerprint density at radius 3 is 2.85 bits per heavy atom. The predicted molar refractivity (Wildman–Crippen MR) is 76.9 cm³/mol. The molecule has 1 aliphatic carbocycles. The van der Waals surface area contributed by atoms with Gasteiger partial charge in [-0.05, 0) is 50.2 Å². The van der Waals surface area contributed by atoms with E-state index in [1.54, 1.807) is 6.07 Å². The second kappa shape index (κ2) is 5.40. The molecule has 2 aliphatic rings. The molecule has 1 aromatic carbocycles. The highest BCUT2D eigenvalue weighted by Gasteiger charge is 2.36. The quantitative estimate of drug-likeness (QED) is 0.677. The molecular formula is C15H20N2O3.